The molecule has 19 heavy (non-hydrogen) atoms. The number of fused-ring (bicyclic) bond motifs is 1. The Morgan fingerprint density at radius 1 is 1.26 bits per heavy atom. The zero-order chi connectivity index (χ0) is 13.2. The van der Waals surface area contributed by atoms with E-state index in [0.29, 0.717) is 17.0 Å². The third-order valence-electron chi connectivity index (χ3n) is 2.70. The number of nitrogens with two attached hydrogens (primary N) is 1. The van der Waals surface area contributed by atoms with E-state index in [-0.39, 0.29) is 5.84 Å². The molecule has 3 N–H and O–H groups in total. The van der Waals surface area contributed by atoms with Crippen LogP contribution in [0.25, 0.3) is 16.9 Å². The van der Waals surface area contributed by atoms with Crippen molar-refractivity contribution >= 4 is 16.9 Å². The Kier molecular flexibility index (Phi) is 2.57. The van der Waals surface area contributed by atoms with Crippen LogP contribution in [-0.4, -0.2) is 30.8 Å². The first-order valence-corrected chi connectivity index (χ1v) is 5.52. The van der Waals surface area contributed by atoms with Crippen molar-refractivity contribution < 1.29 is 5.21 Å². The average Bonchev–Trinajstić information content (AvgIpc) is 2.90. The summed E-state index contributed by atoms with van der Waals surface area (Å²) in [5, 5.41) is 16.8. The molecule has 3 rings (SSSR count). The number of amidine groups is 1. The standard InChI is InChI=1S/C12H10N6O/c13-11(17-19)8-3-5-14-10(6-8)18-12-9(7-16-18)2-1-4-15-12/h1-7,19H,(H2,13,17). The summed E-state index contributed by atoms with van der Waals surface area (Å²) in [6.45, 7) is 0. The van der Waals surface area contributed by atoms with Crippen LogP contribution in [-0.2, 0) is 0 Å². The molecule has 0 radical (unpaired) electrons. The molecule has 7 nitrogen and oxygen atoms in total. The Morgan fingerprint density at radius 2 is 2.16 bits per heavy atom. The van der Waals surface area contributed by atoms with Gasteiger partial charge < -0.3 is 10.9 Å². The molecule has 0 bridgehead atoms. The van der Waals surface area contributed by atoms with Crippen LogP contribution in [0.15, 0.2) is 48.0 Å². The third-order valence-corrected chi connectivity index (χ3v) is 2.70. The van der Waals surface area contributed by atoms with Crippen LogP contribution in [0.4, 0.5) is 0 Å². The van der Waals surface area contributed by atoms with Gasteiger partial charge in [-0.15, -0.1) is 0 Å². The lowest BCUT2D eigenvalue weighted by Gasteiger charge is -2.04. The molecule has 0 saturated carbocycles. The predicted molar refractivity (Wildman–Crippen MR) is 69.2 cm³/mol. The molecule has 0 amide bonds. The van der Waals surface area contributed by atoms with Gasteiger partial charge in [-0.05, 0) is 24.3 Å². The Labute approximate surface area is 108 Å². The highest BCUT2D eigenvalue weighted by atomic mass is 16.4. The van der Waals surface area contributed by atoms with Crippen molar-refractivity contribution in [1.29, 1.82) is 0 Å². The van der Waals surface area contributed by atoms with Gasteiger partial charge in [-0.1, -0.05) is 5.16 Å². The first kappa shape index (κ1) is 11.1. The molecule has 3 heterocycles. The van der Waals surface area contributed by atoms with E-state index in [4.69, 9.17) is 10.9 Å². The van der Waals surface area contributed by atoms with E-state index in [1.807, 2.05) is 12.1 Å². The van der Waals surface area contributed by atoms with E-state index in [0.717, 1.165) is 5.39 Å². The summed E-state index contributed by atoms with van der Waals surface area (Å²) in [5.74, 6) is 0.575. The molecule has 0 spiro atoms. The summed E-state index contributed by atoms with van der Waals surface area (Å²) in [6.07, 6.45) is 4.97. The summed E-state index contributed by atoms with van der Waals surface area (Å²) in [4.78, 5) is 8.48. The molecule has 0 atom stereocenters. The van der Waals surface area contributed by atoms with Crippen molar-refractivity contribution in [3.63, 3.8) is 0 Å². The molecule has 0 aromatic carbocycles. The Morgan fingerprint density at radius 3 is 3.00 bits per heavy atom. The molecule has 3 aromatic heterocycles. The largest absolute Gasteiger partial charge is 0.409 e. The van der Waals surface area contributed by atoms with Crippen LogP contribution in [0, 0.1) is 0 Å². The fourth-order valence-corrected chi connectivity index (χ4v) is 1.78. The minimum absolute atomic E-state index is 0.0214. The van der Waals surface area contributed by atoms with Gasteiger partial charge in [0.15, 0.2) is 17.3 Å². The average molecular weight is 254 g/mol. The maximum absolute atomic E-state index is 8.69. The van der Waals surface area contributed by atoms with Crippen molar-refractivity contribution in [2.75, 3.05) is 0 Å². The van der Waals surface area contributed by atoms with Crippen molar-refractivity contribution in [2.24, 2.45) is 10.9 Å². The van der Waals surface area contributed by atoms with Gasteiger partial charge in [0, 0.05) is 23.3 Å². The van der Waals surface area contributed by atoms with Gasteiger partial charge in [-0.3, -0.25) is 0 Å². The summed E-state index contributed by atoms with van der Waals surface area (Å²) >= 11 is 0. The fourth-order valence-electron chi connectivity index (χ4n) is 1.78. The van der Waals surface area contributed by atoms with Crippen LogP contribution in [0.3, 0.4) is 0 Å². The van der Waals surface area contributed by atoms with E-state index < -0.39 is 0 Å². The molecule has 0 aliphatic carbocycles. The smallest absolute Gasteiger partial charge is 0.170 e. The van der Waals surface area contributed by atoms with Gasteiger partial charge in [0.1, 0.15) is 0 Å². The van der Waals surface area contributed by atoms with E-state index in [1.54, 1.807) is 35.4 Å². The van der Waals surface area contributed by atoms with Crippen molar-refractivity contribution in [3.05, 3.63) is 48.4 Å². The molecule has 0 saturated heterocycles. The van der Waals surface area contributed by atoms with Gasteiger partial charge in [0.05, 0.1) is 6.20 Å². The minimum Gasteiger partial charge on any atom is -0.409 e. The van der Waals surface area contributed by atoms with Gasteiger partial charge in [-0.25, -0.2) is 9.97 Å². The second-order valence-corrected chi connectivity index (χ2v) is 3.86. The van der Waals surface area contributed by atoms with Gasteiger partial charge in [0.2, 0.25) is 0 Å². The molecular weight excluding hydrogens is 244 g/mol. The molecule has 0 unspecified atom stereocenters. The zero-order valence-corrected chi connectivity index (χ0v) is 9.80. The normalized spacial score (nSPS) is 11.9. The first-order chi connectivity index (χ1) is 9.29. The number of aromatic nitrogens is 4. The second-order valence-electron chi connectivity index (χ2n) is 3.86. The van der Waals surface area contributed by atoms with Crippen LogP contribution >= 0.6 is 0 Å². The van der Waals surface area contributed by atoms with Crippen molar-refractivity contribution in [3.8, 4) is 5.82 Å². The predicted octanol–water partition coefficient (Wildman–Crippen LogP) is 0.910. The lowest BCUT2D eigenvalue weighted by atomic mass is 10.2. The quantitative estimate of drug-likeness (QED) is 0.306. The number of hydrogen-bond acceptors (Lipinski definition) is 5. The molecule has 94 valence electrons. The molecule has 0 aliphatic rings. The third kappa shape index (κ3) is 1.86. The summed E-state index contributed by atoms with van der Waals surface area (Å²) in [6, 6.07) is 7.09. The molecule has 7 heteroatoms. The van der Waals surface area contributed by atoms with E-state index in [1.165, 1.54) is 0 Å². The number of hydrogen-bond donors (Lipinski definition) is 2. The summed E-state index contributed by atoms with van der Waals surface area (Å²) in [5.41, 5.74) is 6.82. The Balaban J connectivity index is 2.17. The minimum atomic E-state index is 0.0214. The van der Waals surface area contributed by atoms with Gasteiger partial charge >= 0.3 is 0 Å². The maximum Gasteiger partial charge on any atom is 0.170 e. The number of nitrogens with zero attached hydrogens (tertiary/aromatic N) is 5. The number of oxime groups is 1. The highest BCUT2D eigenvalue weighted by Gasteiger charge is 2.08. The number of pyridine rings is 2. The molecule has 3 aromatic rings. The van der Waals surface area contributed by atoms with E-state index in [2.05, 4.69) is 20.2 Å². The maximum atomic E-state index is 8.69. The lowest BCUT2D eigenvalue weighted by molar-refractivity contribution is 0.318. The van der Waals surface area contributed by atoms with Crippen LogP contribution in [0.5, 0.6) is 0 Å². The summed E-state index contributed by atoms with van der Waals surface area (Å²) < 4.78 is 1.60. The first-order valence-electron chi connectivity index (χ1n) is 5.52. The van der Waals surface area contributed by atoms with Gasteiger partial charge in [-0.2, -0.15) is 9.78 Å². The zero-order valence-electron chi connectivity index (χ0n) is 9.80. The van der Waals surface area contributed by atoms with E-state index in [9.17, 15) is 0 Å². The van der Waals surface area contributed by atoms with Crippen LogP contribution < -0.4 is 5.73 Å². The molecule has 0 aliphatic heterocycles. The Bertz CT molecular complexity index is 764. The van der Waals surface area contributed by atoms with Gasteiger partial charge in [0.25, 0.3) is 0 Å². The van der Waals surface area contributed by atoms with Crippen molar-refractivity contribution in [1.82, 2.24) is 19.7 Å². The highest BCUT2D eigenvalue weighted by molar-refractivity contribution is 5.97. The van der Waals surface area contributed by atoms with Crippen LogP contribution in [0.1, 0.15) is 5.56 Å². The summed E-state index contributed by atoms with van der Waals surface area (Å²) in [7, 11) is 0. The van der Waals surface area contributed by atoms with E-state index >= 15 is 0 Å². The monoisotopic (exact) mass is 254 g/mol. The highest BCUT2D eigenvalue weighted by Crippen LogP contribution is 2.14. The fraction of sp³-hybridized carbons (Fsp3) is 0. The Hall–Kier alpha value is -2.96. The molecular formula is C12H10N6O. The second kappa shape index (κ2) is 4.37. The van der Waals surface area contributed by atoms with Crippen LogP contribution in [0.2, 0.25) is 0 Å². The lowest BCUT2D eigenvalue weighted by Crippen LogP contribution is -2.14. The topological polar surface area (TPSA) is 102 Å². The molecule has 0 fully saturated rings. The number of rotatable bonds is 2. The SMILES string of the molecule is NC(=NO)c1ccnc(-n2ncc3cccnc32)c1. The van der Waals surface area contributed by atoms with Crippen molar-refractivity contribution in [2.45, 2.75) is 0 Å².